The van der Waals surface area contributed by atoms with Crippen LogP contribution in [-0.4, -0.2) is 5.02 Å². The van der Waals surface area contributed by atoms with Crippen molar-refractivity contribution < 1.29 is 0 Å². The van der Waals surface area contributed by atoms with Gasteiger partial charge in [0.25, 0.3) is 0 Å². The summed E-state index contributed by atoms with van der Waals surface area (Å²) >= 11 is 4.42. The summed E-state index contributed by atoms with van der Waals surface area (Å²) in [6.45, 7) is 5.33. The lowest BCUT2D eigenvalue weighted by Crippen LogP contribution is -1.58. The molecule has 0 heterocycles. The standard InChI is InChI=1S/C5H6S/c1-3-5(2)4-6/h3H,1H2,2H3. The van der Waals surface area contributed by atoms with Crippen LogP contribution in [0.15, 0.2) is 18.2 Å². The van der Waals surface area contributed by atoms with E-state index in [1.165, 1.54) is 0 Å². The lowest BCUT2D eigenvalue weighted by Gasteiger charge is -1.71. The minimum absolute atomic E-state index is 0.921. The SMILES string of the molecule is C=CC(C)=C=S. The van der Waals surface area contributed by atoms with Crippen LogP contribution in [0.2, 0.25) is 0 Å². The van der Waals surface area contributed by atoms with Gasteiger partial charge >= 0.3 is 0 Å². The molecule has 0 radical (unpaired) electrons. The highest BCUT2D eigenvalue weighted by atomic mass is 32.1. The van der Waals surface area contributed by atoms with Crippen molar-refractivity contribution in [3.63, 3.8) is 0 Å². The van der Waals surface area contributed by atoms with E-state index in [1.807, 2.05) is 6.92 Å². The van der Waals surface area contributed by atoms with Gasteiger partial charge in [-0.25, -0.2) is 0 Å². The number of allylic oxidation sites excluding steroid dienone is 2. The van der Waals surface area contributed by atoms with Crippen LogP contribution in [-0.2, 0) is 0 Å². The van der Waals surface area contributed by atoms with E-state index in [-0.39, 0.29) is 0 Å². The van der Waals surface area contributed by atoms with E-state index in [1.54, 1.807) is 6.08 Å². The molecule has 0 bridgehead atoms. The first kappa shape index (κ1) is 5.61. The molecular weight excluding hydrogens is 92.1 g/mol. The van der Waals surface area contributed by atoms with Gasteiger partial charge < -0.3 is 0 Å². The zero-order valence-corrected chi connectivity index (χ0v) is 4.51. The summed E-state index contributed by atoms with van der Waals surface area (Å²) in [4.78, 5) is 0. The van der Waals surface area contributed by atoms with Gasteiger partial charge in [-0.1, -0.05) is 12.7 Å². The van der Waals surface area contributed by atoms with Crippen molar-refractivity contribution in [2.24, 2.45) is 0 Å². The molecule has 0 fully saturated rings. The third-order valence-electron chi connectivity index (χ3n) is 0.467. The van der Waals surface area contributed by atoms with Gasteiger partial charge in [0, 0.05) is 5.57 Å². The molecule has 0 aliphatic carbocycles. The molecule has 32 valence electrons. The molecule has 0 amide bonds. The molecule has 0 aliphatic heterocycles. The predicted molar refractivity (Wildman–Crippen MR) is 32.0 cm³/mol. The fourth-order valence-corrected chi connectivity index (χ4v) is 0.125. The third kappa shape index (κ3) is 1.89. The Morgan fingerprint density at radius 3 is 2.50 bits per heavy atom. The molecule has 0 saturated heterocycles. The maximum Gasteiger partial charge on any atom is 0.00184 e. The molecule has 0 aromatic carbocycles. The maximum atomic E-state index is 4.42. The smallest absolute Gasteiger partial charge is 0.00184 e. The Morgan fingerprint density at radius 2 is 2.50 bits per heavy atom. The van der Waals surface area contributed by atoms with E-state index < -0.39 is 0 Å². The Balaban J connectivity index is 3.86. The van der Waals surface area contributed by atoms with E-state index in [0.29, 0.717) is 0 Å². The minimum atomic E-state index is 0.921. The molecule has 0 atom stereocenters. The summed E-state index contributed by atoms with van der Waals surface area (Å²) in [6.07, 6.45) is 1.67. The average molecular weight is 98.2 g/mol. The van der Waals surface area contributed by atoms with Crippen molar-refractivity contribution in [2.75, 3.05) is 0 Å². The topological polar surface area (TPSA) is 0 Å². The van der Waals surface area contributed by atoms with E-state index in [9.17, 15) is 0 Å². The van der Waals surface area contributed by atoms with Crippen LogP contribution in [0.25, 0.3) is 0 Å². The first-order valence-electron chi connectivity index (χ1n) is 1.65. The largest absolute Gasteiger partial charge is 0.0982 e. The minimum Gasteiger partial charge on any atom is -0.0982 e. The maximum absolute atomic E-state index is 4.42. The zero-order chi connectivity index (χ0) is 4.99. The fourth-order valence-electron chi connectivity index (χ4n) is 0.0417. The predicted octanol–water partition coefficient (Wildman–Crippen LogP) is 1.72. The zero-order valence-electron chi connectivity index (χ0n) is 3.69. The lowest BCUT2D eigenvalue weighted by molar-refractivity contribution is 1.62. The van der Waals surface area contributed by atoms with Gasteiger partial charge in [0.05, 0.1) is 0 Å². The van der Waals surface area contributed by atoms with E-state index in [2.05, 4.69) is 23.8 Å². The van der Waals surface area contributed by atoms with Crippen molar-refractivity contribution in [3.05, 3.63) is 18.2 Å². The summed E-state index contributed by atoms with van der Waals surface area (Å²) in [5, 5.41) is 2.50. The van der Waals surface area contributed by atoms with Crippen LogP contribution in [0, 0.1) is 0 Å². The number of rotatable bonds is 1. The molecule has 0 aromatic rings. The molecule has 1 heteroatoms. The van der Waals surface area contributed by atoms with E-state index in [4.69, 9.17) is 0 Å². The summed E-state index contributed by atoms with van der Waals surface area (Å²) < 4.78 is 0. The van der Waals surface area contributed by atoms with Gasteiger partial charge in [-0.15, -0.1) is 0 Å². The number of hydrogen-bond acceptors (Lipinski definition) is 1. The highest BCUT2D eigenvalue weighted by molar-refractivity contribution is 7.78. The van der Waals surface area contributed by atoms with Crippen LogP contribution in [0.4, 0.5) is 0 Å². The Labute approximate surface area is 43.2 Å². The van der Waals surface area contributed by atoms with Gasteiger partial charge in [0.1, 0.15) is 0 Å². The molecule has 0 N–H and O–H groups in total. The van der Waals surface area contributed by atoms with Crippen LogP contribution in [0.1, 0.15) is 6.92 Å². The van der Waals surface area contributed by atoms with Crippen LogP contribution in [0.5, 0.6) is 0 Å². The monoisotopic (exact) mass is 98.0 g/mol. The van der Waals surface area contributed by atoms with Crippen molar-refractivity contribution in [1.82, 2.24) is 0 Å². The second kappa shape index (κ2) is 2.83. The summed E-state index contributed by atoms with van der Waals surface area (Å²) in [5.41, 5.74) is 0.921. The van der Waals surface area contributed by atoms with Crippen molar-refractivity contribution in [3.8, 4) is 0 Å². The Morgan fingerprint density at radius 1 is 2.00 bits per heavy atom. The highest BCUT2D eigenvalue weighted by Crippen LogP contribution is 1.81. The Kier molecular flexibility index (Phi) is 2.64. The molecule has 0 nitrogen and oxygen atoms in total. The first-order chi connectivity index (χ1) is 2.81. The molecule has 0 unspecified atom stereocenters. The molecule has 6 heavy (non-hydrogen) atoms. The van der Waals surface area contributed by atoms with Gasteiger partial charge in [0.15, 0.2) is 0 Å². The summed E-state index contributed by atoms with van der Waals surface area (Å²) in [5.74, 6) is 0. The van der Waals surface area contributed by atoms with Crippen molar-refractivity contribution >= 4 is 17.2 Å². The van der Waals surface area contributed by atoms with Gasteiger partial charge in [-0.2, -0.15) is 0 Å². The van der Waals surface area contributed by atoms with Crippen molar-refractivity contribution in [2.45, 2.75) is 6.92 Å². The normalized spacial score (nSPS) is 6.17. The van der Waals surface area contributed by atoms with E-state index in [0.717, 1.165) is 5.57 Å². The van der Waals surface area contributed by atoms with Crippen LogP contribution < -0.4 is 0 Å². The third-order valence-corrected chi connectivity index (χ3v) is 0.789. The van der Waals surface area contributed by atoms with Crippen LogP contribution >= 0.6 is 12.2 Å². The molecular formula is C5H6S. The molecule has 0 rings (SSSR count). The van der Waals surface area contributed by atoms with Crippen LogP contribution in [0.3, 0.4) is 0 Å². The second-order valence-corrected chi connectivity index (χ2v) is 1.19. The van der Waals surface area contributed by atoms with Gasteiger partial charge in [-0.05, 0) is 24.2 Å². The van der Waals surface area contributed by atoms with Crippen molar-refractivity contribution in [1.29, 1.82) is 0 Å². The molecule has 0 saturated carbocycles. The first-order valence-corrected chi connectivity index (χ1v) is 2.06. The number of thiocarbonyl (C=S) groups is 1. The van der Waals surface area contributed by atoms with E-state index >= 15 is 0 Å². The fraction of sp³-hybridized carbons (Fsp3) is 0.200. The molecule has 0 aromatic heterocycles. The summed E-state index contributed by atoms with van der Waals surface area (Å²) in [7, 11) is 0. The Bertz CT molecular complexity index is 96.5. The quantitative estimate of drug-likeness (QED) is 0.355. The lowest BCUT2D eigenvalue weighted by atomic mass is 10.4. The Hall–Kier alpha value is -0.390. The summed E-state index contributed by atoms with van der Waals surface area (Å²) in [6, 6.07) is 0. The number of hydrogen-bond donors (Lipinski definition) is 0. The van der Waals surface area contributed by atoms with Gasteiger partial charge in [-0.3, -0.25) is 0 Å². The average Bonchev–Trinajstić information content (AvgIpc) is 1.65. The molecule has 0 aliphatic rings. The second-order valence-electron chi connectivity index (χ2n) is 0.989. The highest BCUT2D eigenvalue weighted by Gasteiger charge is 1.66. The van der Waals surface area contributed by atoms with Gasteiger partial charge in [0.2, 0.25) is 0 Å². The molecule has 0 spiro atoms.